The highest BCUT2D eigenvalue weighted by atomic mass is 16.6. The van der Waals surface area contributed by atoms with E-state index in [0.717, 1.165) is 42.7 Å². The van der Waals surface area contributed by atoms with Crippen LogP contribution in [0.25, 0.3) is 11.1 Å². The molecule has 2 unspecified atom stereocenters. The number of carbonyl (C=O) groups is 1. The van der Waals surface area contributed by atoms with E-state index in [-0.39, 0.29) is 18.1 Å². The molecule has 2 fully saturated rings. The van der Waals surface area contributed by atoms with E-state index in [1.807, 2.05) is 47.4 Å². The zero-order valence-electron chi connectivity index (χ0n) is 14.3. The summed E-state index contributed by atoms with van der Waals surface area (Å²) in [6.07, 6.45) is 2.46. The second-order valence-corrected chi connectivity index (χ2v) is 6.74. The van der Waals surface area contributed by atoms with Gasteiger partial charge in [-0.15, -0.1) is 0 Å². The Morgan fingerprint density at radius 2 is 1.60 bits per heavy atom. The van der Waals surface area contributed by atoms with E-state index in [9.17, 15) is 4.79 Å². The van der Waals surface area contributed by atoms with Gasteiger partial charge in [-0.2, -0.15) is 0 Å². The Balaban J connectivity index is 1.48. The highest BCUT2D eigenvalue weighted by Gasteiger charge is 2.30. The molecule has 0 aliphatic carbocycles. The van der Waals surface area contributed by atoms with Crippen molar-refractivity contribution in [1.82, 2.24) is 4.90 Å². The standard InChI is InChI=1S/C21H23NO3/c23-21(22(14-20-15-25-20)13-19-7-4-12-24-19)18-10-8-17(9-11-18)16-5-2-1-3-6-16/h1-3,5-6,8-11,19-20H,4,7,12-15H2/i21-1. The smallest absolute Gasteiger partial charge is 0.254 e. The van der Waals surface area contributed by atoms with E-state index < -0.39 is 0 Å². The molecule has 2 atom stereocenters. The van der Waals surface area contributed by atoms with E-state index in [2.05, 4.69) is 12.1 Å². The highest BCUT2D eigenvalue weighted by Crippen LogP contribution is 2.22. The lowest BCUT2D eigenvalue weighted by Gasteiger charge is -2.25. The number of carbonyl (C=O) groups excluding carboxylic acids is 1. The van der Waals surface area contributed by atoms with Crippen molar-refractivity contribution >= 4 is 5.91 Å². The number of nitrogens with zero attached hydrogens (tertiary/aromatic N) is 1. The Bertz CT molecular complexity index is 704. The maximum atomic E-state index is 13.0. The van der Waals surface area contributed by atoms with E-state index in [4.69, 9.17) is 9.47 Å². The minimum absolute atomic E-state index is 0.0608. The molecule has 130 valence electrons. The zero-order chi connectivity index (χ0) is 17.1. The van der Waals surface area contributed by atoms with Crippen LogP contribution in [-0.2, 0) is 9.47 Å². The number of epoxide rings is 1. The summed E-state index contributed by atoms with van der Waals surface area (Å²) in [5.41, 5.74) is 3.00. The van der Waals surface area contributed by atoms with Crippen LogP contribution >= 0.6 is 0 Å². The van der Waals surface area contributed by atoms with Gasteiger partial charge in [-0.05, 0) is 36.1 Å². The topological polar surface area (TPSA) is 42.1 Å². The van der Waals surface area contributed by atoms with Crippen LogP contribution < -0.4 is 0 Å². The molecular weight excluding hydrogens is 313 g/mol. The summed E-state index contributed by atoms with van der Waals surface area (Å²) in [5, 5.41) is 0. The fourth-order valence-electron chi connectivity index (χ4n) is 3.31. The Morgan fingerprint density at radius 1 is 0.920 bits per heavy atom. The highest BCUT2D eigenvalue weighted by molar-refractivity contribution is 5.94. The number of amides is 1. The molecule has 2 saturated heterocycles. The number of rotatable bonds is 6. The largest absolute Gasteiger partial charge is 0.376 e. The first-order valence-corrected chi connectivity index (χ1v) is 8.97. The molecule has 1 amide bonds. The normalized spacial score (nSPS) is 21.9. The minimum Gasteiger partial charge on any atom is -0.376 e. The quantitative estimate of drug-likeness (QED) is 0.760. The van der Waals surface area contributed by atoms with Crippen molar-refractivity contribution < 1.29 is 14.3 Å². The molecule has 0 radical (unpaired) electrons. The van der Waals surface area contributed by atoms with Crippen molar-refractivity contribution in [3.8, 4) is 11.1 Å². The molecule has 2 aliphatic heterocycles. The third kappa shape index (κ3) is 4.09. The van der Waals surface area contributed by atoms with Crippen LogP contribution in [0.5, 0.6) is 0 Å². The zero-order valence-corrected chi connectivity index (χ0v) is 14.3. The molecule has 4 rings (SSSR count). The lowest BCUT2D eigenvalue weighted by atomic mass is 9.84. The van der Waals surface area contributed by atoms with Crippen molar-refractivity contribution in [1.29, 1.82) is 0 Å². The van der Waals surface area contributed by atoms with Crippen LogP contribution in [0, 0.1) is 0 Å². The monoisotopic (exact) mass is 336 g/mol. The van der Waals surface area contributed by atoms with Gasteiger partial charge in [0.05, 0.1) is 18.8 Å². The summed E-state index contributed by atoms with van der Waals surface area (Å²) in [6.45, 7) is 2.86. The second kappa shape index (κ2) is 7.38. The molecule has 2 aromatic rings. The Kier molecular flexibility index (Phi) is 4.81. The SMILES string of the molecule is O=[11C](c1ccc(-c2ccccc2)cc1)N(CC1CCCO1)CC1CO1. The van der Waals surface area contributed by atoms with E-state index in [1.54, 1.807) is 0 Å². The van der Waals surface area contributed by atoms with Gasteiger partial charge < -0.3 is 14.4 Å². The lowest BCUT2D eigenvalue weighted by molar-refractivity contribution is 0.0509. The summed E-state index contributed by atoms with van der Waals surface area (Å²) < 4.78 is 11.0. The summed E-state index contributed by atoms with van der Waals surface area (Å²) in [6, 6.07) is 18.1. The number of ether oxygens (including phenoxy) is 2. The average molecular weight is 336 g/mol. The predicted octanol–water partition coefficient (Wildman–Crippen LogP) is 3.37. The fourth-order valence-corrected chi connectivity index (χ4v) is 3.31. The molecule has 2 aromatic carbocycles. The van der Waals surface area contributed by atoms with Gasteiger partial charge in [0.25, 0.3) is 5.91 Å². The van der Waals surface area contributed by atoms with E-state index >= 15 is 0 Å². The molecule has 25 heavy (non-hydrogen) atoms. The second-order valence-electron chi connectivity index (χ2n) is 6.74. The van der Waals surface area contributed by atoms with Crippen LogP contribution in [0.1, 0.15) is 23.2 Å². The lowest BCUT2D eigenvalue weighted by Crippen LogP contribution is -2.39. The molecule has 2 aliphatic rings. The van der Waals surface area contributed by atoms with Gasteiger partial charge in [-0.25, -0.2) is 0 Å². The number of benzene rings is 2. The molecule has 2 heterocycles. The molecule has 0 bridgehead atoms. The summed E-state index contributed by atoms with van der Waals surface area (Å²) >= 11 is 0. The van der Waals surface area contributed by atoms with E-state index in [0.29, 0.717) is 13.1 Å². The average Bonchev–Trinajstić information content (AvgIpc) is 3.34. The van der Waals surface area contributed by atoms with Crippen LogP contribution in [0.15, 0.2) is 54.6 Å². The van der Waals surface area contributed by atoms with Crippen LogP contribution in [-0.4, -0.2) is 49.3 Å². The first-order valence-electron chi connectivity index (χ1n) is 8.97. The van der Waals surface area contributed by atoms with Crippen molar-refractivity contribution in [3.05, 3.63) is 60.2 Å². The van der Waals surface area contributed by atoms with Gasteiger partial charge in [-0.3, -0.25) is 4.79 Å². The summed E-state index contributed by atoms with van der Waals surface area (Å²) in [7, 11) is 0. The Morgan fingerprint density at radius 3 is 2.24 bits per heavy atom. The van der Waals surface area contributed by atoms with Crippen LogP contribution in [0.2, 0.25) is 0 Å². The first kappa shape index (κ1) is 16.3. The van der Waals surface area contributed by atoms with E-state index in [1.165, 1.54) is 0 Å². The van der Waals surface area contributed by atoms with Crippen molar-refractivity contribution in [2.75, 3.05) is 26.3 Å². The van der Waals surface area contributed by atoms with Gasteiger partial charge >= 0.3 is 0 Å². The van der Waals surface area contributed by atoms with Gasteiger partial charge in [0, 0.05) is 25.3 Å². The molecule has 0 spiro atoms. The van der Waals surface area contributed by atoms with Gasteiger partial charge in [0.1, 0.15) is 0 Å². The Hall–Kier alpha value is -2.17. The van der Waals surface area contributed by atoms with Gasteiger partial charge in [0.2, 0.25) is 0 Å². The van der Waals surface area contributed by atoms with Crippen molar-refractivity contribution in [2.45, 2.75) is 25.0 Å². The molecule has 4 nitrogen and oxygen atoms in total. The summed E-state index contributed by atoms with van der Waals surface area (Å²) in [4.78, 5) is 14.9. The van der Waals surface area contributed by atoms with Gasteiger partial charge in [0.15, 0.2) is 0 Å². The summed E-state index contributed by atoms with van der Waals surface area (Å²) in [5.74, 6) is 0.0608. The number of hydrogen-bond acceptors (Lipinski definition) is 3. The molecule has 4 heteroatoms. The van der Waals surface area contributed by atoms with Crippen molar-refractivity contribution in [3.63, 3.8) is 0 Å². The number of hydrogen-bond donors (Lipinski definition) is 0. The molecular formula is C21H23NO3. The maximum absolute atomic E-state index is 13.0. The maximum Gasteiger partial charge on any atom is 0.254 e. The fraction of sp³-hybridized carbons (Fsp3) is 0.381. The van der Waals surface area contributed by atoms with Crippen LogP contribution in [0.4, 0.5) is 0 Å². The Labute approximate surface area is 148 Å². The third-order valence-corrected chi connectivity index (χ3v) is 4.80. The minimum atomic E-state index is 0.0608. The predicted molar refractivity (Wildman–Crippen MR) is 96.5 cm³/mol. The molecule has 0 N–H and O–H groups in total. The molecule has 0 aromatic heterocycles. The van der Waals surface area contributed by atoms with Crippen LogP contribution in [0.3, 0.4) is 0 Å². The van der Waals surface area contributed by atoms with Gasteiger partial charge in [-0.1, -0.05) is 42.5 Å². The third-order valence-electron chi connectivity index (χ3n) is 4.80. The molecule has 0 saturated carbocycles. The van der Waals surface area contributed by atoms with Crippen molar-refractivity contribution in [2.24, 2.45) is 0 Å². The first-order chi connectivity index (χ1) is 12.3.